The number of para-hydroxylation sites is 2. The molecule has 0 spiro atoms. The van der Waals surface area contributed by atoms with Gasteiger partial charge in [0.15, 0.2) is 0 Å². The van der Waals surface area contributed by atoms with E-state index >= 15 is 0 Å². The maximum absolute atomic E-state index is 12.6. The molecular formula is C21H26N6O. The summed E-state index contributed by atoms with van der Waals surface area (Å²) in [6, 6.07) is 8.24. The Bertz CT molecular complexity index is 946. The summed E-state index contributed by atoms with van der Waals surface area (Å²) < 4.78 is 2.19. The summed E-state index contributed by atoms with van der Waals surface area (Å²) in [5, 5.41) is 3.08. The van der Waals surface area contributed by atoms with Gasteiger partial charge in [0.25, 0.3) is 0 Å². The second-order valence-corrected chi connectivity index (χ2v) is 7.53. The van der Waals surface area contributed by atoms with Crippen LogP contribution in [-0.2, 0) is 13.5 Å². The lowest BCUT2D eigenvalue weighted by molar-refractivity contribution is 0.177. The number of aryl methyl sites for hydroxylation is 1. The van der Waals surface area contributed by atoms with E-state index in [0.717, 1.165) is 48.5 Å². The number of benzene rings is 1. The molecule has 4 rings (SSSR count). The topological polar surface area (TPSA) is 75.9 Å². The molecule has 7 nitrogen and oxygen atoms in total. The predicted octanol–water partition coefficient (Wildman–Crippen LogP) is 2.88. The van der Waals surface area contributed by atoms with Crippen molar-refractivity contribution in [1.82, 2.24) is 29.7 Å². The number of fused-ring (bicyclic) bond motifs is 1. The summed E-state index contributed by atoms with van der Waals surface area (Å²) in [5.41, 5.74) is 3.09. The number of likely N-dealkylation sites (tertiary alicyclic amines) is 1. The van der Waals surface area contributed by atoms with E-state index in [-0.39, 0.29) is 12.1 Å². The molecule has 1 unspecified atom stereocenters. The highest BCUT2D eigenvalue weighted by molar-refractivity contribution is 5.76. The van der Waals surface area contributed by atoms with Crippen molar-refractivity contribution in [2.45, 2.75) is 38.1 Å². The molecule has 0 bridgehead atoms. The summed E-state index contributed by atoms with van der Waals surface area (Å²) in [5.74, 6) is 1.51. The molecule has 2 aromatic heterocycles. The van der Waals surface area contributed by atoms with Gasteiger partial charge < -0.3 is 14.8 Å². The van der Waals surface area contributed by atoms with E-state index in [2.05, 4.69) is 39.0 Å². The minimum atomic E-state index is -0.000147. The third kappa shape index (κ3) is 3.83. The van der Waals surface area contributed by atoms with Gasteiger partial charge in [0.1, 0.15) is 5.82 Å². The number of urea groups is 1. The zero-order valence-electron chi connectivity index (χ0n) is 16.4. The summed E-state index contributed by atoms with van der Waals surface area (Å²) in [7, 11) is 2.08. The smallest absolute Gasteiger partial charge is 0.317 e. The van der Waals surface area contributed by atoms with Gasteiger partial charge in [-0.3, -0.25) is 9.97 Å². The van der Waals surface area contributed by atoms with Crippen molar-refractivity contribution >= 4 is 17.1 Å². The van der Waals surface area contributed by atoms with Crippen LogP contribution in [-0.4, -0.2) is 49.6 Å². The molecule has 28 heavy (non-hydrogen) atoms. The van der Waals surface area contributed by atoms with Gasteiger partial charge in [0.05, 0.1) is 16.7 Å². The summed E-state index contributed by atoms with van der Waals surface area (Å²) in [4.78, 5) is 27.7. The third-order valence-electron chi connectivity index (χ3n) is 5.47. The molecule has 3 heterocycles. The molecule has 0 saturated carbocycles. The van der Waals surface area contributed by atoms with Crippen LogP contribution >= 0.6 is 0 Å². The Kier molecular flexibility index (Phi) is 5.23. The lowest BCUT2D eigenvalue weighted by Gasteiger charge is -2.32. The van der Waals surface area contributed by atoms with E-state index in [1.165, 1.54) is 0 Å². The first-order chi connectivity index (χ1) is 13.6. The molecular weight excluding hydrogens is 352 g/mol. The highest BCUT2D eigenvalue weighted by atomic mass is 16.2. The number of aromatic nitrogens is 4. The highest BCUT2D eigenvalue weighted by Gasteiger charge is 2.27. The van der Waals surface area contributed by atoms with Gasteiger partial charge in [-0.15, -0.1) is 0 Å². The van der Waals surface area contributed by atoms with E-state index in [0.29, 0.717) is 12.3 Å². The number of hydrogen-bond donors (Lipinski definition) is 1. The van der Waals surface area contributed by atoms with Crippen LogP contribution in [0.5, 0.6) is 0 Å². The van der Waals surface area contributed by atoms with Crippen molar-refractivity contribution in [2.24, 2.45) is 7.05 Å². The fraction of sp³-hybridized carbons (Fsp3) is 0.429. The van der Waals surface area contributed by atoms with Crippen LogP contribution in [0, 0.1) is 0 Å². The molecule has 0 radical (unpaired) electrons. The SMILES string of the molecule is CC(Cc1cnccn1)NC(=O)N1CCC(c2nc3ccccc3n2C)CC1. The van der Waals surface area contributed by atoms with Crippen LogP contribution in [0.1, 0.15) is 37.2 Å². The average Bonchev–Trinajstić information content (AvgIpc) is 3.05. The van der Waals surface area contributed by atoms with E-state index in [9.17, 15) is 4.79 Å². The normalized spacial score (nSPS) is 16.3. The second-order valence-electron chi connectivity index (χ2n) is 7.53. The molecule has 1 atom stereocenters. The van der Waals surface area contributed by atoms with Gasteiger partial charge in [-0.25, -0.2) is 9.78 Å². The Labute approximate surface area is 164 Å². The fourth-order valence-corrected chi connectivity index (χ4v) is 3.97. The third-order valence-corrected chi connectivity index (χ3v) is 5.47. The van der Waals surface area contributed by atoms with E-state index in [1.54, 1.807) is 18.6 Å². The number of amides is 2. The van der Waals surface area contributed by atoms with Crippen LogP contribution in [0.15, 0.2) is 42.9 Å². The zero-order chi connectivity index (χ0) is 19.5. The van der Waals surface area contributed by atoms with Gasteiger partial charge in [0, 0.05) is 57.1 Å². The predicted molar refractivity (Wildman–Crippen MR) is 108 cm³/mol. The molecule has 3 aromatic rings. The number of carbonyl (C=O) groups is 1. The van der Waals surface area contributed by atoms with Gasteiger partial charge in [-0.05, 0) is 31.9 Å². The van der Waals surface area contributed by atoms with Crippen molar-refractivity contribution in [3.8, 4) is 0 Å². The van der Waals surface area contributed by atoms with Crippen molar-refractivity contribution in [2.75, 3.05) is 13.1 Å². The maximum Gasteiger partial charge on any atom is 0.317 e. The Balaban J connectivity index is 1.33. The second kappa shape index (κ2) is 7.96. The summed E-state index contributed by atoms with van der Waals surface area (Å²) >= 11 is 0. The van der Waals surface area contributed by atoms with Crippen LogP contribution in [0.4, 0.5) is 4.79 Å². The Hall–Kier alpha value is -2.96. The number of nitrogens with one attached hydrogen (secondary N) is 1. The standard InChI is InChI=1S/C21H26N6O/c1-15(13-17-14-22-9-10-23-17)24-21(28)27-11-7-16(8-12-27)20-25-18-5-3-4-6-19(18)26(20)2/h3-6,9-10,14-16H,7-8,11-13H2,1-2H3,(H,24,28). The lowest BCUT2D eigenvalue weighted by Crippen LogP contribution is -2.47. The number of imidazole rings is 1. The Morgan fingerprint density at radius 1 is 1.25 bits per heavy atom. The molecule has 1 aliphatic heterocycles. The average molecular weight is 378 g/mol. The number of piperidine rings is 1. The molecule has 7 heteroatoms. The van der Waals surface area contributed by atoms with Crippen LogP contribution in [0.25, 0.3) is 11.0 Å². The molecule has 1 saturated heterocycles. The molecule has 146 valence electrons. The molecule has 0 aliphatic carbocycles. The van der Waals surface area contributed by atoms with Crippen molar-refractivity contribution in [3.05, 3.63) is 54.4 Å². The minimum absolute atomic E-state index is 0.000147. The van der Waals surface area contributed by atoms with Gasteiger partial charge in [-0.1, -0.05) is 12.1 Å². The minimum Gasteiger partial charge on any atom is -0.335 e. The van der Waals surface area contributed by atoms with Crippen LogP contribution in [0.3, 0.4) is 0 Å². The molecule has 2 amide bonds. The quantitative estimate of drug-likeness (QED) is 0.757. The van der Waals surface area contributed by atoms with Crippen LogP contribution < -0.4 is 5.32 Å². The van der Waals surface area contributed by atoms with Gasteiger partial charge in [0.2, 0.25) is 0 Å². The molecule has 1 N–H and O–H groups in total. The fourth-order valence-electron chi connectivity index (χ4n) is 3.97. The van der Waals surface area contributed by atoms with Crippen molar-refractivity contribution < 1.29 is 4.79 Å². The zero-order valence-corrected chi connectivity index (χ0v) is 16.4. The Morgan fingerprint density at radius 2 is 2.04 bits per heavy atom. The number of carbonyl (C=O) groups excluding carboxylic acids is 1. The number of nitrogens with zero attached hydrogens (tertiary/aromatic N) is 5. The van der Waals surface area contributed by atoms with E-state index in [4.69, 9.17) is 4.98 Å². The highest BCUT2D eigenvalue weighted by Crippen LogP contribution is 2.29. The molecule has 1 aromatic carbocycles. The van der Waals surface area contributed by atoms with E-state index < -0.39 is 0 Å². The number of hydrogen-bond acceptors (Lipinski definition) is 4. The molecule has 1 fully saturated rings. The summed E-state index contributed by atoms with van der Waals surface area (Å²) in [6.45, 7) is 3.49. The Morgan fingerprint density at radius 3 is 2.75 bits per heavy atom. The first kappa shape index (κ1) is 18.4. The van der Waals surface area contributed by atoms with Gasteiger partial charge >= 0.3 is 6.03 Å². The largest absolute Gasteiger partial charge is 0.335 e. The molecule has 1 aliphatic rings. The lowest BCUT2D eigenvalue weighted by atomic mass is 9.96. The first-order valence-corrected chi connectivity index (χ1v) is 9.83. The van der Waals surface area contributed by atoms with Gasteiger partial charge in [-0.2, -0.15) is 0 Å². The summed E-state index contributed by atoms with van der Waals surface area (Å²) in [6.07, 6.45) is 7.62. The van der Waals surface area contributed by atoms with Crippen LogP contribution in [0.2, 0.25) is 0 Å². The monoisotopic (exact) mass is 378 g/mol. The van der Waals surface area contributed by atoms with E-state index in [1.807, 2.05) is 24.0 Å². The van der Waals surface area contributed by atoms with Crippen molar-refractivity contribution in [3.63, 3.8) is 0 Å². The maximum atomic E-state index is 12.6. The van der Waals surface area contributed by atoms with Crippen molar-refractivity contribution in [1.29, 1.82) is 0 Å². The number of rotatable bonds is 4. The first-order valence-electron chi connectivity index (χ1n) is 9.83.